The molecule has 0 aliphatic carbocycles. The highest BCUT2D eigenvalue weighted by Crippen LogP contribution is 2.43. The number of hydrogen-bond acceptors (Lipinski definition) is 5. The van der Waals surface area contributed by atoms with E-state index in [1.54, 1.807) is 0 Å². The van der Waals surface area contributed by atoms with Crippen molar-refractivity contribution >= 4 is 64.2 Å². The average Bonchev–Trinajstić information content (AvgIpc) is 3.82. The second-order valence-electron chi connectivity index (χ2n) is 14.1. The van der Waals surface area contributed by atoms with Crippen LogP contribution in [-0.4, -0.2) is 0 Å². The van der Waals surface area contributed by atoms with Crippen LogP contribution in [0.3, 0.4) is 0 Å². The van der Waals surface area contributed by atoms with Gasteiger partial charge in [-0.25, -0.2) is 0 Å². The number of rotatable bonds is 5. The number of nitrogens with one attached hydrogen (secondary N) is 3. The standard InChI is InChI=1S/C49H35N3OS/c1-3-13-30(14-4-1)32-27-28-41-40(29-32)45-36(21-11-24-42(45)53-41)34-19-9-20-35-33(34)18-10-22-37(35)48-50-47(31-15-5-2-6-16-31)51-49(52-48)39-23-12-26-44-46(39)38-17-7-8-25-43(38)54-44/h1-29,47-52H. The Morgan fingerprint density at radius 2 is 1.04 bits per heavy atom. The first-order valence-electron chi connectivity index (χ1n) is 18.5. The molecule has 0 spiro atoms. The van der Waals surface area contributed by atoms with E-state index in [9.17, 15) is 0 Å². The minimum Gasteiger partial charge on any atom is -0.456 e. The van der Waals surface area contributed by atoms with Gasteiger partial charge in [-0.3, -0.25) is 16.0 Å². The minimum absolute atomic E-state index is 0.0779. The Hall–Kier alpha value is -6.08. The van der Waals surface area contributed by atoms with Crippen molar-refractivity contribution < 1.29 is 4.42 Å². The molecule has 54 heavy (non-hydrogen) atoms. The molecule has 0 saturated carbocycles. The van der Waals surface area contributed by atoms with E-state index in [0.717, 1.165) is 21.9 Å². The van der Waals surface area contributed by atoms with Gasteiger partial charge in [0.15, 0.2) is 0 Å². The van der Waals surface area contributed by atoms with Gasteiger partial charge in [0.1, 0.15) is 11.2 Å². The zero-order valence-electron chi connectivity index (χ0n) is 29.3. The van der Waals surface area contributed by atoms with Crippen LogP contribution < -0.4 is 16.0 Å². The van der Waals surface area contributed by atoms with Gasteiger partial charge < -0.3 is 4.42 Å². The second-order valence-corrected chi connectivity index (χ2v) is 15.2. The smallest absolute Gasteiger partial charge is 0.136 e. The summed E-state index contributed by atoms with van der Waals surface area (Å²) in [5.41, 5.74) is 10.2. The van der Waals surface area contributed by atoms with Gasteiger partial charge in [0.2, 0.25) is 0 Å². The van der Waals surface area contributed by atoms with Gasteiger partial charge in [0.25, 0.3) is 0 Å². The largest absolute Gasteiger partial charge is 0.456 e. The van der Waals surface area contributed by atoms with Crippen LogP contribution in [-0.2, 0) is 0 Å². The van der Waals surface area contributed by atoms with E-state index in [1.165, 1.54) is 69.9 Å². The predicted molar refractivity (Wildman–Crippen MR) is 226 cm³/mol. The van der Waals surface area contributed by atoms with E-state index in [4.69, 9.17) is 4.42 Å². The lowest BCUT2D eigenvalue weighted by atomic mass is 9.91. The van der Waals surface area contributed by atoms with Gasteiger partial charge in [0, 0.05) is 30.9 Å². The molecule has 1 aliphatic rings. The maximum Gasteiger partial charge on any atom is 0.136 e. The fourth-order valence-corrected chi connectivity index (χ4v) is 9.71. The Morgan fingerprint density at radius 1 is 0.389 bits per heavy atom. The van der Waals surface area contributed by atoms with Gasteiger partial charge >= 0.3 is 0 Å². The minimum atomic E-state index is -0.139. The van der Waals surface area contributed by atoms with E-state index in [1.807, 2.05) is 11.3 Å². The first-order valence-corrected chi connectivity index (χ1v) is 19.3. The van der Waals surface area contributed by atoms with E-state index >= 15 is 0 Å². The molecule has 1 aliphatic heterocycles. The Morgan fingerprint density at radius 3 is 1.93 bits per heavy atom. The zero-order valence-corrected chi connectivity index (χ0v) is 30.1. The molecule has 3 atom stereocenters. The van der Waals surface area contributed by atoms with Crippen LogP contribution >= 0.6 is 11.3 Å². The summed E-state index contributed by atoms with van der Waals surface area (Å²) < 4.78 is 9.08. The fourth-order valence-electron chi connectivity index (χ4n) is 8.57. The zero-order chi connectivity index (χ0) is 35.6. The van der Waals surface area contributed by atoms with Crippen LogP contribution in [0.4, 0.5) is 0 Å². The third-order valence-electron chi connectivity index (χ3n) is 11.0. The van der Waals surface area contributed by atoms with Crippen LogP contribution in [0.2, 0.25) is 0 Å². The Kier molecular flexibility index (Phi) is 7.45. The summed E-state index contributed by atoms with van der Waals surface area (Å²) in [6, 6.07) is 63.2. The van der Waals surface area contributed by atoms with Gasteiger partial charge in [-0.05, 0) is 80.0 Å². The summed E-state index contributed by atoms with van der Waals surface area (Å²) in [5.74, 6) is 0. The highest BCUT2D eigenvalue weighted by Gasteiger charge is 2.32. The van der Waals surface area contributed by atoms with Crippen LogP contribution in [0, 0.1) is 0 Å². The third kappa shape index (κ3) is 5.17. The van der Waals surface area contributed by atoms with Crippen LogP contribution in [0.1, 0.15) is 35.2 Å². The average molecular weight is 714 g/mol. The molecule has 258 valence electrons. The summed E-state index contributed by atoms with van der Waals surface area (Å²) in [6.45, 7) is 0. The topological polar surface area (TPSA) is 49.2 Å². The molecule has 2 aromatic heterocycles. The molecule has 3 heterocycles. The Balaban J connectivity index is 1.06. The van der Waals surface area contributed by atoms with Crippen molar-refractivity contribution in [3.05, 3.63) is 193 Å². The van der Waals surface area contributed by atoms with Crippen molar-refractivity contribution in [2.75, 3.05) is 0 Å². The molecule has 0 bridgehead atoms. The predicted octanol–water partition coefficient (Wildman–Crippen LogP) is 12.6. The normalized spacial score (nSPS) is 17.6. The lowest BCUT2D eigenvalue weighted by Crippen LogP contribution is -2.54. The van der Waals surface area contributed by atoms with Gasteiger partial charge in [0.05, 0.1) is 18.5 Å². The van der Waals surface area contributed by atoms with Gasteiger partial charge in [-0.15, -0.1) is 11.3 Å². The molecule has 8 aromatic carbocycles. The van der Waals surface area contributed by atoms with E-state index in [2.05, 4.69) is 192 Å². The van der Waals surface area contributed by atoms with Crippen molar-refractivity contribution in [1.82, 2.24) is 16.0 Å². The Bertz CT molecular complexity index is 3000. The number of furan rings is 1. The lowest BCUT2D eigenvalue weighted by Gasteiger charge is -2.40. The molecule has 11 rings (SSSR count). The number of fused-ring (bicyclic) bond motifs is 7. The SMILES string of the molecule is c1ccc(-c2ccc3oc4cccc(-c5cccc6c(C7NC(c8ccccc8)NC(c8cccc9sc%10ccccc%10c89)N7)cccc56)c4c3c2)cc1. The van der Waals surface area contributed by atoms with Crippen molar-refractivity contribution in [2.45, 2.75) is 18.5 Å². The maximum absolute atomic E-state index is 6.47. The molecule has 0 amide bonds. The van der Waals surface area contributed by atoms with Crippen molar-refractivity contribution in [1.29, 1.82) is 0 Å². The highest BCUT2D eigenvalue weighted by molar-refractivity contribution is 7.25. The molecule has 5 heteroatoms. The molecule has 1 fully saturated rings. The molecule has 1 saturated heterocycles. The Labute approximate surface area is 316 Å². The lowest BCUT2D eigenvalue weighted by molar-refractivity contribution is 0.205. The molecule has 3 N–H and O–H groups in total. The quantitative estimate of drug-likeness (QED) is 0.166. The summed E-state index contributed by atoms with van der Waals surface area (Å²) in [4.78, 5) is 0. The van der Waals surface area contributed by atoms with Gasteiger partial charge in [-0.2, -0.15) is 0 Å². The molecule has 3 unspecified atom stereocenters. The summed E-state index contributed by atoms with van der Waals surface area (Å²) in [6.07, 6.45) is -0.322. The molecule has 10 aromatic rings. The van der Waals surface area contributed by atoms with Crippen LogP contribution in [0.15, 0.2) is 180 Å². The molecule has 0 radical (unpaired) electrons. The maximum atomic E-state index is 6.47. The van der Waals surface area contributed by atoms with E-state index in [0.29, 0.717) is 0 Å². The van der Waals surface area contributed by atoms with Crippen molar-refractivity contribution in [3.8, 4) is 22.3 Å². The van der Waals surface area contributed by atoms with Crippen LogP contribution in [0.25, 0.3) is 75.1 Å². The second kappa shape index (κ2) is 12.8. The van der Waals surface area contributed by atoms with E-state index in [-0.39, 0.29) is 18.5 Å². The number of thiophene rings is 1. The van der Waals surface area contributed by atoms with E-state index < -0.39 is 0 Å². The number of benzene rings is 8. The fraction of sp³-hybridized carbons (Fsp3) is 0.0612. The highest BCUT2D eigenvalue weighted by atomic mass is 32.1. The third-order valence-corrected chi connectivity index (χ3v) is 12.2. The molecule has 4 nitrogen and oxygen atoms in total. The summed E-state index contributed by atoms with van der Waals surface area (Å²) in [7, 11) is 0. The summed E-state index contributed by atoms with van der Waals surface area (Å²) in [5, 5.41) is 19.2. The van der Waals surface area contributed by atoms with Crippen molar-refractivity contribution in [2.24, 2.45) is 0 Å². The van der Waals surface area contributed by atoms with Crippen LogP contribution in [0.5, 0.6) is 0 Å². The van der Waals surface area contributed by atoms with Crippen molar-refractivity contribution in [3.63, 3.8) is 0 Å². The molecular formula is C49H35N3OS. The molecular weight excluding hydrogens is 679 g/mol. The summed E-state index contributed by atoms with van der Waals surface area (Å²) >= 11 is 1.86. The first-order chi connectivity index (χ1) is 26.8. The monoisotopic (exact) mass is 713 g/mol. The first kappa shape index (κ1) is 31.4. The van der Waals surface area contributed by atoms with Gasteiger partial charge in [-0.1, -0.05) is 146 Å². The number of hydrogen-bond donors (Lipinski definition) is 3.